The van der Waals surface area contributed by atoms with Crippen molar-refractivity contribution in [3.05, 3.63) is 0 Å². The minimum Gasteiger partial charge on any atom is -0.344 e. The van der Waals surface area contributed by atoms with Crippen LogP contribution in [0.4, 0.5) is 0 Å². The lowest BCUT2D eigenvalue weighted by molar-refractivity contribution is -0.165. The lowest BCUT2D eigenvalue weighted by atomic mass is 9.95. The Labute approximate surface area is 94.0 Å². The van der Waals surface area contributed by atoms with E-state index in [2.05, 4.69) is 0 Å². The van der Waals surface area contributed by atoms with E-state index >= 15 is 0 Å². The van der Waals surface area contributed by atoms with Gasteiger partial charge in [0, 0.05) is 6.66 Å². The lowest BCUT2D eigenvalue weighted by Gasteiger charge is -2.15. The highest BCUT2D eigenvalue weighted by molar-refractivity contribution is 7.58. The molecular weight excluding hydrogens is 233 g/mol. The van der Waals surface area contributed by atoms with E-state index < -0.39 is 24.7 Å². The number of rotatable bonds is 4. The number of hydroxylamine groups is 2. The van der Waals surface area contributed by atoms with Crippen molar-refractivity contribution in [3.8, 4) is 0 Å². The van der Waals surface area contributed by atoms with Gasteiger partial charge in [0.15, 0.2) is 5.78 Å². The first kappa shape index (κ1) is 13.4. The maximum Gasteiger partial charge on any atom is 0.254 e. The molecule has 1 rings (SSSR count). The summed E-state index contributed by atoms with van der Waals surface area (Å²) < 4.78 is 11.0. The van der Waals surface area contributed by atoms with Gasteiger partial charge in [0.25, 0.3) is 5.91 Å². The molecule has 0 bridgehead atoms. The number of nitrogens with zero attached hydrogens (tertiary/aromatic N) is 1. The molecule has 92 valence electrons. The van der Waals surface area contributed by atoms with Crippen molar-refractivity contribution < 1.29 is 23.9 Å². The Morgan fingerprint density at radius 2 is 2.19 bits per heavy atom. The van der Waals surface area contributed by atoms with Crippen LogP contribution in [0.1, 0.15) is 13.8 Å². The number of carbonyl (C=O) groups excluding carboxylic acids is 2. The summed E-state index contributed by atoms with van der Waals surface area (Å²) >= 11 is 0. The summed E-state index contributed by atoms with van der Waals surface area (Å²) in [5.41, 5.74) is -0.630. The van der Waals surface area contributed by atoms with Crippen LogP contribution in [0.2, 0.25) is 0 Å². The number of hydrogen-bond donors (Lipinski definition) is 1. The van der Waals surface area contributed by atoms with E-state index in [0.29, 0.717) is 0 Å². The van der Waals surface area contributed by atoms with E-state index in [1.165, 1.54) is 0 Å². The number of carbonyl (C=O) groups is 2. The van der Waals surface area contributed by atoms with Gasteiger partial charge < -0.3 is 4.89 Å². The molecule has 1 amide bonds. The molecule has 1 fully saturated rings. The molecule has 6 nitrogen and oxygen atoms in total. The summed E-state index contributed by atoms with van der Waals surface area (Å²) in [6.07, 6.45) is -0.430. The Morgan fingerprint density at radius 1 is 1.62 bits per heavy atom. The van der Waals surface area contributed by atoms with Crippen LogP contribution in [0, 0.1) is 5.41 Å². The van der Waals surface area contributed by atoms with Crippen LogP contribution in [0.3, 0.4) is 0 Å². The fraction of sp³-hybridized carbons (Fsp3) is 0.778. The van der Waals surface area contributed by atoms with Crippen LogP contribution in [0.25, 0.3) is 0 Å². The average molecular weight is 249 g/mol. The molecule has 1 N–H and O–H groups in total. The first-order chi connectivity index (χ1) is 7.12. The fourth-order valence-electron chi connectivity index (χ4n) is 1.35. The van der Waals surface area contributed by atoms with Crippen molar-refractivity contribution >= 4 is 19.1 Å². The molecule has 0 aromatic rings. The lowest BCUT2D eigenvalue weighted by Crippen LogP contribution is -2.35. The van der Waals surface area contributed by atoms with E-state index in [1.54, 1.807) is 13.8 Å². The first-order valence-electron chi connectivity index (χ1n) is 4.88. The zero-order chi connectivity index (χ0) is 12.6. The molecule has 16 heavy (non-hydrogen) atoms. The second-order valence-corrected chi connectivity index (χ2v) is 7.17. The molecular formula is C9H16NO5P. The van der Waals surface area contributed by atoms with Gasteiger partial charge in [-0.15, -0.1) is 0 Å². The van der Waals surface area contributed by atoms with E-state index in [1.807, 2.05) is 0 Å². The van der Waals surface area contributed by atoms with Crippen molar-refractivity contribution in [2.75, 3.05) is 26.0 Å². The van der Waals surface area contributed by atoms with Gasteiger partial charge in [-0.1, -0.05) is 0 Å². The predicted octanol–water partition coefficient (Wildman–Crippen LogP) is 0.256. The first-order valence-corrected chi connectivity index (χ1v) is 7.17. The summed E-state index contributed by atoms with van der Waals surface area (Å²) in [6, 6.07) is 0. The van der Waals surface area contributed by atoms with Gasteiger partial charge >= 0.3 is 0 Å². The van der Waals surface area contributed by atoms with Crippen molar-refractivity contribution in [1.29, 1.82) is 0 Å². The van der Waals surface area contributed by atoms with Crippen LogP contribution in [0.15, 0.2) is 0 Å². The molecule has 1 heterocycles. The second-order valence-electron chi connectivity index (χ2n) is 4.75. The third-order valence-electron chi connectivity index (χ3n) is 2.18. The average Bonchev–Trinajstić information content (AvgIpc) is 2.28. The standard InChI is InChI=1S/C9H16NO5P/c1-9(2)6-15-10(8(9)12)4-7(11)5-16(3,13)14/h4-6H2,1-3H3,(H,13,14). The molecule has 0 radical (unpaired) electrons. The Kier molecular flexibility index (Phi) is 3.57. The second kappa shape index (κ2) is 4.28. The van der Waals surface area contributed by atoms with Crippen LogP contribution in [-0.4, -0.2) is 47.6 Å². The number of Topliss-reactive ketones (excluding diaryl/α,β-unsaturated/α-hetero) is 1. The highest BCUT2D eigenvalue weighted by atomic mass is 31.2. The van der Waals surface area contributed by atoms with E-state index in [4.69, 9.17) is 9.73 Å². The molecule has 0 saturated carbocycles. The maximum absolute atomic E-state index is 11.6. The molecule has 1 saturated heterocycles. The fourth-order valence-corrected chi connectivity index (χ4v) is 2.11. The molecule has 1 unspecified atom stereocenters. The molecule has 1 aliphatic heterocycles. The summed E-state index contributed by atoms with van der Waals surface area (Å²) in [6.45, 7) is 4.51. The summed E-state index contributed by atoms with van der Waals surface area (Å²) in [5, 5.41) is 0.970. The van der Waals surface area contributed by atoms with Crippen molar-refractivity contribution in [1.82, 2.24) is 5.06 Å². The van der Waals surface area contributed by atoms with Crippen molar-refractivity contribution in [2.24, 2.45) is 5.41 Å². The Hall–Kier alpha value is -0.710. The Bertz CT molecular complexity index is 359. The number of hydrogen-bond acceptors (Lipinski definition) is 4. The Morgan fingerprint density at radius 3 is 2.56 bits per heavy atom. The largest absolute Gasteiger partial charge is 0.344 e. The third kappa shape index (κ3) is 3.40. The van der Waals surface area contributed by atoms with E-state index in [-0.39, 0.29) is 19.1 Å². The summed E-state index contributed by atoms with van der Waals surface area (Å²) in [5.74, 6) is -0.746. The van der Waals surface area contributed by atoms with Crippen molar-refractivity contribution in [3.63, 3.8) is 0 Å². The minimum atomic E-state index is -3.37. The number of amides is 1. The SMILES string of the molecule is CC1(C)CON(CC(=O)CP(C)(=O)O)C1=O. The van der Waals surface area contributed by atoms with E-state index in [0.717, 1.165) is 11.7 Å². The zero-order valence-corrected chi connectivity index (χ0v) is 10.5. The Balaban J connectivity index is 2.54. The van der Waals surface area contributed by atoms with Gasteiger partial charge in [-0.2, -0.15) is 0 Å². The molecule has 7 heteroatoms. The monoisotopic (exact) mass is 249 g/mol. The summed E-state index contributed by atoms with van der Waals surface area (Å²) in [4.78, 5) is 37.1. The van der Waals surface area contributed by atoms with Gasteiger partial charge in [0.1, 0.15) is 6.54 Å². The van der Waals surface area contributed by atoms with Gasteiger partial charge in [0.05, 0.1) is 18.2 Å². The molecule has 0 aromatic carbocycles. The normalized spacial score (nSPS) is 23.2. The van der Waals surface area contributed by atoms with Gasteiger partial charge in [-0.25, -0.2) is 5.06 Å². The molecule has 0 spiro atoms. The quantitative estimate of drug-likeness (QED) is 0.722. The highest BCUT2D eigenvalue weighted by Crippen LogP contribution is 2.35. The highest BCUT2D eigenvalue weighted by Gasteiger charge is 2.41. The maximum atomic E-state index is 11.6. The van der Waals surface area contributed by atoms with Gasteiger partial charge in [-0.3, -0.25) is 19.0 Å². The summed E-state index contributed by atoms with van der Waals surface area (Å²) in [7, 11) is -3.37. The molecule has 0 aromatic heterocycles. The molecule has 1 aliphatic rings. The minimum absolute atomic E-state index is 0.224. The molecule has 1 atom stereocenters. The van der Waals surface area contributed by atoms with E-state index in [9.17, 15) is 14.2 Å². The van der Waals surface area contributed by atoms with Crippen molar-refractivity contribution in [2.45, 2.75) is 13.8 Å². The van der Waals surface area contributed by atoms with Crippen LogP contribution in [-0.2, 0) is 19.0 Å². The zero-order valence-electron chi connectivity index (χ0n) is 9.60. The van der Waals surface area contributed by atoms with Gasteiger partial charge in [-0.05, 0) is 13.8 Å². The third-order valence-corrected chi connectivity index (χ3v) is 3.12. The predicted molar refractivity (Wildman–Crippen MR) is 57.1 cm³/mol. The van der Waals surface area contributed by atoms with Crippen LogP contribution >= 0.6 is 7.37 Å². The number of ketones is 1. The topological polar surface area (TPSA) is 83.9 Å². The van der Waals surface area contributed by atoms with Crippen LogP contribution in [0.5, 0.6) is 0 Å². The van der Waals surface area contributed by atoms with Crippen LogP contribution < -0.4 is 0 Å². The van der Waals surface area contributed by atoms with Gasteiger partial charge in [0.2, 0.25) is 7.37 Å². The molecule has 0 aliphatic carbocycles. The smallest absolute Gasteiger partial charge is 0.254 e.